The fraction of sp³-hybridized carbons (Fsp3) is 0.0556. The molecular weight excluding hydrogens is 312 g/mol. The first kappa shape index (κ1) is 13.9. The number of fused-ring (bicyclic) bond motifs is 3. The lowest BCUT2D eigenvalue weighted by molar-refractivity contribution is 0.100. The first-order valence-electron chi connectivity index (χ1n) is 7.17. The third kappa shape index (κ3) is 2.11. The van der Waals surface area contributed by atoms with Gasteiger partial charge in [0.2, 0.25) is 5.91 Å². The van der Waals surface area contributed by atoms with E-state index in [4.69, 9.17) is 21.8 Å². The summed E-state index contributed by atoms with van der Waals surface area (Å²) >= 11 is 6.45. The molecule has 114 valence electrons. The van der Waals surface area contributed by atoms with Crippen LogP contribution >= 0.6 is 11.6 Å². The van der Waals surface area contributed by atoms with E-state index in [1.807, 2.05) is 36.4 Å². The second-order valence-electron chi connectivity index (χ2n) is 5.42. The molecule has 2 aromatic heterocycles. The van der Waals surface area contributed by atoms with Crippen molar-refractivity contribution in [3.05, 3.63) is 71.1 Å². The highest BCUT2D eigenvalue weighted by Gasteiger charge is 2.18. The van der Waals surface area contributed by atoms with Gasteiger partial charge in [0.1, 0.15) is 0 Å². The Hall–Kier alpha value is -2.72. The number of hydrogen-bond acceptors (Lipinski definition) is 2. The van der Waals surface area contributed by atoms with Gasteiger partial charge in [-0.15, -0.1) is 0 Å². The van der Waals surface area contributed by atoms with Crippen LogP contribution in [-0.2, 0) is 6.54 Å². The summed E-state index contributed by atoms with van der Waals surface area (Å²) < 4.78 is 7.25. The van der Waals surface area contributed by atoms with E-state index < -0.39 is 5.91 Å². The summed E-state index contributed by atoms with van der Waals surface area (Å²) in [6.45, 7) is 0.600. The number of nitrogens with zero attached hydrogens (tertiary/aromatic N) is 1. The average Bonchev–Trinajstić information content (AvgIpc) is 3.15. The van der Waals surface area contributed by atoms with E-state index >= 15 is 0 Å². The van der Waals surface area contributed by atoms with Gasteiger partial charge < -0.3 is 14.7 Å². The Kier molecular flexibility index (Phi) is 3.13. The van der Waals surface area contributed by atoms with Crippen molar-refractivity contribution in [2.75, 3.05) is 0 Å². The molecule has 4 nitrogen and oxygen atoms in total. The maximum absolute atomic E-state index is 11.8. The van der Waals surface area contributed by atoms with Crippen molar-refractivity contribution < 1.29 is 9.21 Å². The zero-order valence-electron chi connectivity index (χ0n) is 12.1. The second-order valence-corrected chi connectivity index (χ2v) is 5.82. The summed E-state index contributed by atoms with van der Waals surface area (Å²) in [5.74, 6) is -0.446. The van der Waals surface area contributed by atoms with Crippen LogP contribution in [0.25, 0.3) is 21.8 Å². The van der Waals surface area contributed by atoms with E-state index in [0.29, 0.717) is 17.1 Å². The van der Waals surface area contributed by atoms with Crippen LogP contribution < -0.4 is 5.73 Å². The van der Waals surface area contributed by atoms with Crippen molar-refractivity contribution in [1.82, 2.24) is 4.57 Å². The van der Waals surface area contributed by atoms with E-state index in [1.54, 1.807) is 18.6 Å². The van der Waals surface area contributed by atoms with Crippen LogP contribution in [0.4, 0.5) is 0 Å². The molecule has 0 radical (unpaired) electrons. The molecule has 1 amide bonds. The van der Waals surface area contributed by atoms with Gasteiger partial charge in [0.15, 0.2) is 0 Å². The summed E-state index contributed by atoms with van der Waals surface area (Å²) in [4.78, 5) is 11.8. The maximum atomic E-state index is 11.8. The number of amides is 1. The van der Waals surface area contributed by atoms with Gasteiger partial charge in [-0.2, -0.15) is 0 Å². The minimum atomic E-state index is -0.446. The lowest BCUT2D eigenvalue weighted by Gasteiger charge is -2.07. The largest absolute Gasteiger partial charge is 0.472 e. The number of carbonyl (C=O) groups is 1. The number of nitrogens with two attached hydrogens (primary N) is 1. The predicted octanol–water partition coefficient (Wildman–Crippen LogP) is 4.19. The van der Waals surface area contributed by atoms with Gasteiger partial charge in [-0.1, -0.05) is 29.8 Å². The highest BCUT2D eigenvalue weighted by molar-refractivity contribution is 6.37. The van der Waals surface area contributed by atoms with Gasteiger partial charge in [0.05, 0.1) is 35.1 Å². The average molecular weight is 325 g/mol. The summed E-state index contributed by atoms with van der Waals surface area (Å²) in [6.07, 6.45) is 3.34. The number of aromatic nitrogens is 1. The molecule has 0 aliphatic carbocycles. The molecule has 0 saturated heterocycles. The van der Waals surface area contributed by atoms with Crippen LogP contribution in [0.5, 0.6) is 0 Å². The number of benzene rings is 2. The molecule has 0 aliphatic rings. The second kappa shape index (κ2) is 5.18. The third-order valence-electron chi connectivity index (χ3n) is 4.05. The summed E-state index contributed by atoms with van der Waals surface area (Å²) in [6, 6.07) is 13.1. The van der Waals surface area contributed by atoms with Gasteiger partial charge in [-0.25, -0.2) is 0 Å². The molecule has 2 N–H and O–H groups in total. The van der Waals surface area contributed by atoms with Gasteiger partial charge >= 0.3 is 0 Å². The van der Waals surface area contributed by atoms with Gasteiger partial charge in [0, 0.05) is 21.9 Å². The highest BCUT2D eigenvalue weighted by Crippen LogP contribution is 2.35. The topological polar surface area (TPSA) is 61.2 Å². The summed E-state index contributed by atoms with van der Waals surface area (Å²) in [5.41, 5.74) is 8.89. The summed E-state index contributed by atoms with van der Waals surface area (Å²) in [5, 5.41) is 2.39. The Morgan fingerprint density at radius 2 is 2.00 bits per heavy atom. The quantitative estimate of drug-likeness (QED) is 0.614. The first-order valence-corrected chi connectivity index (χ1v) is 7.55. The van der Waals surface area contributed by atoms with Crippen LogP contribution in [0.2, 0.25) is 5.02 Å². The molecule has 2 aromatic carbocycles. The van der Waals surface area contributed by atoms with E-state index in [2.05, 4.69) is 4.57 Å². The molecule has 2 heterocycles. The number of hydrogen-bond donors (Lipinski definition) is 1. The Bertz CT molecular complexity index is 1030. The van der Waals surface area contributed by atoms with Crippen molar-refractivity contribution in [1.29, 1.82) is 0 Å². The Balaban J connectivity index is 2.14. The molecule has 0 spiro atoms. The highest BCUT2D eigenvalue weighted by atomic mass is 35.5. The van der Waals surface area contributed by atoms with E-state index in [0.717, 1.165) is 27.4 Å². The van der Waals surface area contributed by atoms with E-state index in [9.17, 15) is 4.79 Å². The normalized spacial score (nSPS) is 11.3. The Morgan fingerprint density at radius 3 is 2.74 bits per heavy atom. The monoisotopic (exact) mass is 324 g/mol. The van der Waals surface area contributed by atoms with Crippen LogP contribution in [-0.4, -0.2) is 10.5 Å². The first-order chi connectivity index (χ1) is 11.2. The molecule has 0 fully saturated rings. The van der Waals surface area contributed by atoms with Crippen LogP contribution in [0, 0.1) is 0 Å². The summed E-state index contributed by atoms with van der Waals surface area (Å²) in [7, 11) is 0. The molecule has 4 aromatic rings. The fourth-order valence-electron chi connectivity index (χ4n) is 3.09. The molecule has 23 heavy (non-hydrogen) atoms. The lowest BCUT2D eigenvalue weighted by atomic mass is 10.1. The van der Waals surface area contributed by atoms with Crippen LogP contribution in [0.15, 0.2) is 59.4 Å². The number of para-hydroxylation sites is 1. The van der Waals surface area contributed by atoms with Crippen molar-refractivity contribution >= 4 is 39.3 Å². The lowest BCUT2D eigenvalue weighted by Crippen LogP contribution is -2.11. The van der Waals surface area contributed by atoms with Crippen molar-refractivity contribution in [2.45, 2.75) is 6.54 Å². The number of furan rings is 1. The Labute approximate surface area is 137 Å². The predicted molar refractivity (Wildman–Crippen MR) is 90.8 cm³/mol. The van der Waals surface area contributed by atoms with Crippen molar-refractivity contribution in [2.24, 2.45) is 5.73 Å². The SMILES string of the molecule is NC(=O)c1cccc2c1c1cccc(Cl)c1n2Cc1ccoc1. The minimum Gasteiger partial charge on any atom is -0.472 e. The number of rotatable bonds is 3. The number of primary amides is 1. The molecule has 0 unspecified atom stereocenters. The molecule has 4 rings (SSSR count). The maximum Gasteiger partial charge on any atom is 0.249 e. The van der Waals surface area contributed by atoms with Crippen molar-refractivity contribution in [3.8, 4) is 0 Å². The smallest absolute Gasteiger partial charge is 0.249 e. The van der Waals surface area contributed by atoms with Gasteiger partial charge in [0.25, 0.3) is 0 Å². The molecule has 0 bridgehead atoms. The molecule has 0 saturated carbocycles. The standard InChI is InChI=1S/C18H13ClN2O2/c19-14-5-1-3-12-16-13(18(20)22)4-2-6-15(16)21(17(12)14)9-11-7-8-23-10-11/h1-8,10H,9H2,(H2,20,22). The molecular formula is C18H13ClN2O2. The zero-order valence-corrected chi connectivity index (χ0v) is 12.9. The molecule has 0 aliphatic heterocycles. The zero-order chi connectivity index (χ0) is 16.0. The number of halogens is 1. The molecule has 0 atom stereocenters. The molecule has 5 heteroatoms. The van der Waals surface area contributed by atoms with Gasteiger partial charge in [-0.3, -0.25) is 4.79 Å². The van der Waals surface area contributed by atoms with Crippen LogP contribution in [0.3, 0.4) is 0 Å². The number of carbonyl (C=O) groups excluding carboxylic acids is 1. The minimum absolute atomic E-state index is 0.446. The van der Waals surface area contributed by atoms with E-state index in [1.165, 1.54) is 0 Å². The van der Waals surface area contributed by atoms with Gasteiger partial charge in [-0.05, 0) is 24.3 Å². The Morgan fingerprint density at radius 1 is 1.17 bits per heavy atom. The fourth-order valence-corrected chi connectivity index (χ4v) is 3.37. The third-order valence-corrected chi connectivity index (χ3v) is 4.35. The van der Waals surface area contributed by atoms with E-state index in [-0.39, 0.29) is 0 Å². The van der Waals surface area contributed by atoms with Crippen molar-refractivity contribution in [3.63, 3.8) is 0 Å². The van der Waals surface area contributed by atoms with Crippen LogP contribution in [0.1, 0.15) is 15.9 Å².